The molecule has 0 bridgehead atoms. The van der Waals surface area contributed by atoms with Gasteiger partial charge in [0.15, 0.2) is 0 Å². The van der Waals surface area contributed by atoms with Crippen molar-refractivity contribution in [2.24, 2.45) is 0 Å². The molecular weight excluding hydrogens is 496 g/mol. The largest absolute Gasteiger partial charge is 0.299 e. The van der Waals surface area contributed by atoms with Crippen molar-refractivity contribution < 1.29 is 0 Å². The van der Waals surface area contributed by atoms with Gasteiger partial charge in [-0.25, -0.2) is 4.98 Å². The predicted molar refractivity (Wildman–Crippen MR) is 174 cm³/mol. The standard InChI is InChI=1S/C39H24N2/c1-3-11-30-26(8-1)10-7-13-31(30)28-17-15-25(16-18-28)29-20-21-33-35(24-29)37-32-12-4-2-9-27(32)19-22-34(37)38-39(33)41-23-6-5-14-36(41)40-38/h1-24H. The van der Waals surface area contributed by atoms with Crippen LogP contribution >= 0.6 is 0 Å². The maximum absolute atomic E-state index is 5.10. The zero-order valence-corrected chi connectivity index (χ0v) is 22.3. The summed E-state index contributed by atoms with van der Waals surface area (Å²) in [5, 5.41) is 9.99. The Balaban J connectivity index is 1.30. The van der Waals surface area contributed by atoms with E-state index in [1.54, 1.807) is 0 Å². The Morgan fingerprint density at radius 2 is 1.12 bits per heavy atom. The molecule has 0 radical (unpaired) electrons. The van der Waals surface area contributed by atoms with E-state index in [-0.39, 0.29) is 0 Å². The molecule has 0 saturated carbocycles. The van der Waals surface area contributed by atoms with Gasteiger partial charge in [0.1, 0.15) is 5.65 Å². The van der Waals surface area contributed by atoms with Gasteiger partial charge in [0.2, 0.25) is 0 Å². The lowest BCUT2D eigenvalue weighted by atomic mass is 9.92. The van der Waals surface area contributed by atoms with E-state index in [0.717, 1.165) is 16.7 Å². The second-order valence-corrected chi connectivity index (χ2v) is 10.8. The summed E-state index contributed by atoms with van der Waals surface area (Å²) in [6.07, 6.45) is 2.12. The van der Waals surface area contributed by atoms with Gasteiger partial charge in [-0.2, -0.15) is 0 Å². The van der Waals surface area contributed by atoms with Crippen LogP contribution in [0.2, 0.25) is 0 Å². The second-order valence-electron chi connectivity index (χ2n) is 10.8. The van der Waals surface area contributed by atoms with E-state index < -0.39 is 0 Å². The molecule has 2 aromatic heterocycles. The quantitative estimate of drug-likeness (QED) is 0.207. The lowest BCUT2D eigenvalue weighted by Crippen LogP contribution is -1.88. The van der Waals surface area contributed by atoms with Gasteiger partial charge in [0.05, 0.1) is 11.0 Å². The molecule has 190 valence electrons. The summed E-state index contributed by atoms with van der Waals surface area (Å²) in [7, 11) is 0. The second kappa shape index (κ2) is 8.51. The highest BCUT2D eigenvalue weighted by atomic mass is 15.0. The van der Waals surface area contributed by atoms with Crippen molar-refractivity contribution in [2.45, 2.75) is 0 Å². The summed E-state index contributed by atoms with van der Waals surface area (Å²) in [5.41, 5.74) is 8.10. The van der Waals surface area contributed by atoms with Crippen LogP contribution in [0, 0.1) is 0 Å². The average molecular weight is 521 g/mol. The summed E-state index contributed by atoms with van der Waals surface area (Å²) in [6, 6.07) is 50.5. The summed E-state index contributed by atoms with van der Waals surface area (Å²) in [5.74, 6) is 0. The highest BCUT2D eigenvalue weighted by molar-refractivity contribution is 6.30. The molecule has 0 aliphatic heterocycles. The molecule has 2 heterocycles. The lowest BCUT2D eigenvalue weighted by molar-refractivity contribution is 1.23. The van der Waals surface area contributed by atoms with Crippen molar-refractivity contribution in [3.05, 3.63) is 146 Å². The number of nitrogens with zero attached hydrogens (tertiary/aromatic N) is 2. The molecule has 0 unspecified atom stereocenters. The van der Waals surface area contributed by atoms with Gasteiger partial charge >= 0.3 is 0 Å². The maximum atomic E-state index is 5.10. The molecule has 0 fully saturated rings. The maximum Gasteiger partial charge on any atom is 0.137 e. The lowest BCUT2D eigenvalue weighted by Gasteiger charge is -2.13. The molecule has 7 aromatic carbocycles. The predicted octanol–water partition coefficient (Wildman–Crippen LogP) is 10.4. The topological polar surface area (TPSA) is 17.3 Å². The molecule has 2 nitrogen and oxygen atoms in total. The molecule has 9 rings (SSSR count). The van der Waals surface area contributed by atoms with Crippen molar-refractivity contribution in [3.63, 3.8) is 0 Å². The Labute approximate surface area is 236 Å². The van der Waals surface area contributed by atoms with Gasteiger partial charge < -0.3 is 0 Å². The molecule has 41 heavy (non-hydrogen) atoms. The van der Waals surface area contributed by atoms with Crippen LogP contribution in [0.5, 0.6) is 0 Å². The first kappa shape index (κ1) is 22.4. The summed E-state index contributed by atoms with van der Waals surface area (Å²) >= 11 is 0. The van der Waals surface area contributed by atoms with Gasteiger partial charge in [0, 0.05) is 17.0 Å². The fourth-order valence-corrected chi connectivity index (χ4v) is 6.66. The number of pyridine rings is 1. The van der Waals surface area contributed by atoms with Crippen molar-refractivity contribution in [1.29, 1.82) is 0 Å². The van der Waals surface area contributed by atoms with Crippen LogP contribution in [-0.4, -0.2) is 9.38 Å². The van der Waals surface area contributed by atoms with E-state index in [9.17, 15) is 0 Å². The number of benzene rings is 7. The van der Waals surface area contributed by atoms with Gasteiger partial charge in [-0.3, -0.25) is 4.40 Å². The Morgan fingerprint density at radius 3 is 2.00 bits per heavy atom. The highest BCUT2D eigenvalue weighted by Gasteiger charge is 2.17. The van der Waals surface area contributed by atoms with E-state index in [0.29, 0.717) is 0 Å². The number of fused-ring (bicyclic) bond motifs is 11. The smallest absolute Gasteiger partial charge is 0.137 e. The van der Waals surface area contributed by atoms with Crippen LogP contribution in [0.25, 0.3) is 82.0 Å². The third kappa shape index (κ3) is 3.28. The molecule has 0 amide bonds. The number of rotatable bonds is 2. The third-order valence-electron chi connectivity index (χ3n) is 8.58. The fourth-order valence-electron chi connectivity index (χ4n) is 6.66. The van der Waals surface area contributed by atoms with Crippen molar-refractivity contribution >= 4 is 59.8 Å². The van der Waals surface area contributed by atoms with Crippen molar-refractivity contribution in [2.75, 3.05) is 0 Å². The van der Waals surface area contributed by atoms with Crippen molar-refractivity contribution in [3.8, 4) is 22.3 Å². The molecule has 0 N–H and O–H groups in total. The Kier molecular flexibility index (Phi) is 4.64. The van der Waals surface area contributed by atoms with Crippen molar-refractivity contribution in [1.82, 2.24) is 9.38 Å². The monoisotopic (exact) mass is 520 g/mol. The first-order valence-electron chi connectivity index (χ1n) is 14.1. The number of imidazole rings is 1. The van der Waals surface area contributed by atoms with Crippen LogP contribution in [0.4, 0.5) is 0 Å². The van der Waals surface area contributed by atoms with Gasteiger partial charge in [-0.15, -0.1) is 0 Å². The molecule has 0 atom stereocenters. The molecule has 0 aliphatic carbocycles. The Morgan fingerprint density at radius 1 is 0.439 bits per heavy atom. The zero-order valence-electron chi connectivity index (χ0n) is 22.3. The van der Waals surface area contributed by atoms with Gasteiger partial charge in [0.25, 0.3) is 0 Å². The minimum absolute atomic E-state index is 0.970. The van der Waals surface area contributed by atoms with Gasteiger partial charge in [-0.1, -0.05) is 121 Å². The minimum Gasteiger partial charge on any atom is -0.299 e. The number of hydrogen-bond donors (Lipinski definition) is 0. The van der Waals surface area contributed by atoms with Crippen LogP contribution in [0.1, 0.15) is 0 Å². The molecule has 0 aliphatic rings. The zero-order chi connectivity index (χ0) is 26.9. The van der Waals surface area contributed by atoms with E-state index in [2.05, 4.69) is 150 Å². The van der Waals surface area contributed by atoms with Crippen LogP contribution in [0.3, 0.4) is 0 Å². The molecule has 2 heteroatoms. The number of aromatic nitrogens is 2. The fraction of sp³-hybridized carbons (Fsp3) is 0. The SMILES string of the molecule is c1ccc2c(-c3ccc(-c4ccc5c(c4)c4c6ccccc6ccc4c4nc6ccccn6c54)cc3)cccc2c1. The van der Waals surface area contributed by atoms with Crippen LogP contribution in [-0.2, 0) is 0 Å². The Hall–Kier alpha value is -5.47. The Bertz CT molecular complexity index is 2460. The first-order valence-corrected chi connectivity index (χ1v) is 14.1. The summed E-state index contributed by atoms with van der Waals surface area (Å²) < 4.78 is 2.23. The van der Waals surface area contributed by atoms with Crippen LogP contribution in [0.15, 0.2) is 146 Å². The normalized spacial score (nSPS) is 11.9. The van der Waals surface area contributed by atoms with Gasteiger partial charge in [-0.05, 0) is 72.8 Å². The number of hydrogen-bond acceptors (Lipinski definition) is 1. The van der Waals surface area contributed by atoms with E-state index >= 15 is 0 Å². The van der Waals surface area contributed by atoms with E-state index in [4.69, 9.17) is 4.98 Å². The summed E-state index contributed by atoms with van der Waals surface area (Å²) in [6.45, 7) is 0. The molecule has 9 aromatic rings. The van der Waals surface area contributed by atoms with E-state index in [1.165, 1.54) is 65.3 Å². The molecular formula is C39H24N2. The summed E-state index contributed by atoms with van der Waals surface area (Å²) in [4.78, 5) is 5.10. The van der Waals surface area contributed by atoms with E-state index in [1.807, 2.05) is 0 Å². The molecule has 0 saturated heterocycles. The average Bonchev–Trinajstić information content (AvgIpc) is 3.44. The van der Waals surface area contributed by atoms with Crippen LogP contribution < -0.4 is 0 Å². The minimum atomic E-state index is 0.970. The highest BCUT2D eigenvalue weighted by Crippen LogP contribution is 2.41. The first-order chi connectivity index (χ1) is 20.3. The third-order valence-corrected chi connectivity index (χ3v) is 8.58. The molecule has 0 spiro atoms.